The van der Waals surface area contributed by atoms with Gasteiger partial charge in [0, 0.05) is 19.2 Å². The van der Waals surface area contributed by atoms with Crippen LogP contribution in [-0.2, 0) is 0 Å². The highest BCUT2D eigenvalue weighted by atomic mass is 35.7. The monoisotopic (exact) mass is 489 g/mol. The van der Waals surface area contributed by atoms with Crippen molar-refractivity contribution in [3.05, 3.63) is 65.8 Å². The second-order valence-corrected chi connectivity index (χ2v) is 8.86. The molecule has 2 aromatic carbocycles. The summed E-state index contributed by atoms with van der Waals surface area (Å²) in [5.41, 5.74) is 4.22. The molecule has 4 aromatic rings. The number of hydrogen-bond acceptors (Lipinski definition) is 9. The molecular formula is C22H20ClN3O6S. The maximum atomic E-state index is 8.49. The Bertz CT molecular complexity index is 1350. The van der Waals surface area contributed by atoms with Gasteiger partial charge in [0.25, 0.3) is 0 Å². The van der Waals surface area contributed by atoms with Crippen LogP contribution < -0.4 is 37.4 Å². The fraction of sp³-hybridized carbons (Fsp3) is 0.182. The summed E-state index contributed by atoms with van der Waals surface area (Å²) >= 11 is 1.66. The minimum Gasteiger partial charge on any atom is -0.494 e. The van der Waals surface area contributed by atoms with Gasteiger partial charge < -0.3 is 14.4 Å². The van der Waals surface area contributed by atoms with Crippen LogP contribution in [0.2, 0.25) is 0 Å². The van der Waals surface area contributed by atoms with Gasteiger partial charge in [0.2, 0.25) is 5.88 Å². The van der Waals surface area contributed by atoms with Crippen molar-refractivity contribution < 1.29 is 42.8 Å². The zero-order valence-corrected chi connectivity index (χ0v) is 19.6. The Labute approximate surface area is 195 Å². The fourth-order valence-corrected chi connectivity index (χ4v) is 4.67. The van der Waals surface area contributed by atoms with E-state index in [1.54, 1.807) is 11.3 Å². The van der Waals surface area contributed by atoms with E-state index < -0.39 is 10.2 Å². The van der Waals surface area contributed by atoms with Crippen LogP contribution in [0.15, 0.2) is 54.4 Å². The molecule has 0 spiro atoms. The Morgan fingerprint density at radius 3 is 2.58 bits per heavy atom. The molecule has 0 aliphatic carbocycles. The van der Waals surface area contributed by atoms with Gasteiger partial charge in [0.15, 0.2) is 17.0 Å². The predicted molar refractivity (Wildman–Crippen MR) is 112 cm³/mol. The molecule has 0 amide bonds. The number of aryl methyl sites for hydroxylation is 1. The minimum absolute atomic E-state index is 0.661. The lowest BCUT2D eigenvalue weighted by Crippen LogP contribution is -2.68. The normalized spacial score (nSPS) is 14.3. The molecule has 33 heavy (non-hydrogen) atoms. The van der Waals surface area contributed by atoms with E-state index in [1.165, 1.54) is 0 Å². The molecular weight excluding hydrogens is 470 g/mol. The Balaban J connectivity index is 0.000000471. The minimum atomic E-state index is -4.94. The van der Waals surface area contributed by atoms with Crippen LogP contribution in [0.3, 0.4) is 0 Å². The molecule has 0 saturated heterocycles. The number of nitrogens with zero attached hydrogens (tertiary/aromatic N) is 3. The lowest BCUT2D eigenvalue weighted by Gasteiger charge is -2.17. The molecule has 0 radical (unpaired) electrons. The topological polar surface area (TPSA) is 131 Å². The number of benzene rings is 2. The first-order valence-corrected chi connectivity index (χ1v) is 11.9. The van der Waals surface area contributed by atoms with Crippen molar-refractivity contribution >= 4 is 38.3 Å². The van der Waals surface area contributed by atoms with Gasteiger partial charge in [-0.15, -0.1) is 10.2 Å². The molecule has 0 atom stereocenters. The summed E-state index contributed by atoms with van der Waals surface area (Å²) in [6, 6.07) is 16.3. The van der Waals surface area contributed by atoms with Crippen molar-refractivity contribution in [1.82, 2.24) is 4.98 Å². The maximum Gasteiger partial charge on any atom is 0.388 e. The van der Waals surface area contributed by atoms with Crippen molar-refractivity contribution in [2.75, 3.05) is 18.6 Å². The predicted octanol–water partition coefficient (Wildman–Crippen LogP) is -0.187. The van der Waals surface area contributed by atoms with Crippen molar-refractivity contribution in [1.29, 1.82) is 0 Å². The second-order valence-electron chi connectivity index (χ2n) is 7.09. The number of aromatic nitrogens is 2. The van der Waals surface area contributed by atoms with Crippen LogP contribution in [-0.4, -0.2) is 18.6 Å². The Kier molecular flexibility index (Phi) is 6.39. The molecule has 3 heterocycles. The average molecular weight is 490 g/mol. The summed E-state index contributed by atoms with van der Waals surface area (Å²) in [5.74, 6) is 2.53. The van der Waals surface area contributed by atoms with E-state index in [9.17, 15) is 0 Å². The molecule has 11 heteroatoms. The summed E-state index contributed by atoms with van der Waals surface area (Å²) in [7, 11) is -2.94. The van der Waals surface area contributed by atoms with E-state index in [2.05, 4.69) is 35.6 Å². The molecule has 0 saturated carbocycles. The molecule has 5 rings (SSSR count). The third-order valence-corrected chi connectivity index (χ3v) is 5.86. The Morgan fingerprint density at radius 1 is 1.15 bits per heavy atom. The van der Waals surface area contributed by atoms with E-state index in [0.29, 0.717) is 6.61 Å². The van der Waals surface area contributed by atoms with Crippen molar-refractivity contribution in [3.63, 3.8) is 0 Å². The smallest absolute Gasteiger partial charge is 0.388 e. The van der Waals surface area contributed by atoms with Gasteiger partial charge in [0.1, 0.15) is 11.4 Å². The van der Waals surface area contributed by atoms with Gasteiger partial charge in [-0.1, -0.05) is 12.1 Å². The molecule has 172 valence electrons. The third-order valence-electron chi connectivity index (χ3n) is 4.85. The van der Waals surface area contributed by atoms with Gasteiger partial charge >= 0.3 is 4.96 Å². The van der Waals surface area contributed by atoms with Crippen molar-refractivity contribution in [2.24, 2.45) is 0 Å². The summed E-state index contributed by atoms with van der Waals surface area (Å²) in [6.07, 6.45) is 1.99. The van der Waals surface area contributed by atoms with Gasteiger partial charge in [-0.05, 0) is 54.4 Å². The number of fused-ring (bicyclic) bond motifs is 4. The second kappa shape index (κ2) is 9.10. The van der Waals surface area contributed by atoms with Gasteiger partial charge in [0.05, 0.1) is 23.1 Å². The first-order chi connectivity index (χ1) is 15.6. The van der Waals surface area contributed by atoms with E-state index in [-0.39, 0.29) is 0 Å². The lowest BCUT2D eigenvalue weighted by atomic mass is 10.3. The molecule has 1 aliphatic rings. The highest BCUT2D eigenvalue weighted by Crippen LogP contribution is 2.38. The quantitative estimate of drug-likeness (QED) is 0.362. The number of halogens is 1. The molecule has 0 fully saturated rings. The van der Waals surface area contributed by atoms with E-state index in [1.807, 2.05) is 49.2 Å². The van der Waals surface area contributed by atoms with E-state index in [4.69, 9.17) is 33.1 Å². The largest absolute Gasteiger partial charge is 0.494 e. The number of para-hydroxylation sites is 2. The van der Waals surface area contributed by atoms with Crippen LogP contribution in [0, 0.1) is 17.2 Å². The molecule has 0 bridgehead atoms. The van der Waals surface area contributed by atoms with Gasteiger partial charge in [-0.3, -0.25) is 0 Å². The molecule has 1 aliphatic heterocycles. The molecule has 0 unspecified atom stereocenters. The fourth-order valence-electron chi connectivity index (χ4n) is 3.55. The number of hydrogen-bond donors (Lipinski definition) is 0. The highest BCUT2D eigenvalue weighted by molar-refractivity contribution is 7.22. The number of anilines is 1. The SMILES string of the molecule is CCOc1ccc2c(c1)sc1nc(/C=C3\Oc4ccccc4N3C)cc(C)[n+]12.[O-][Cl+3]([O-])([O-])[O-]. The Morgan fingerprint density at radius 2 is 1.88 bits per heavy atom. The number of rotatable bonds is 3. The summed E-state index contributed by atoms with van der Waals surface area (Å²) in [5, 5.41) is 0. The van der Waals surface area contributed by atoms with Crippen LogP contribution in [0.25, 0.3) is 21.3 Å². The van der Waals surface area contributed by atoms with Gasteiger partial charge in [-0.2, -0.15) is 4.40 Å². The Hall–Kier alpha value is -2.99. The maximum absolute atomic E-state index is 8.49. The third kappa shape index (κ3) is 5.17. The zero-order valence-electron chi connectivity index (χ0n) is 18.0. The number of ether oxygens (including phenoxy) is 2. The van der Waals surface area contributed by atoms with E-state index >= 15 is 0 Å². The van der Waals surface area contributed by atoms with Crippen LogP contribution >= 0.6 is 11.3 Å². The lowest BCUT2D eigenvalue weighted by molar-refractivity contribution is -2.00. The number of thiazole rings is 1. The van der Waals surface area contributed by atoms with Crippen molar-refractivity contribution in [3.8, 4) is 11.5 Å². The first-order valence-electron chi connectivity index (χ1n) is 9.87. The highest BCUT2D eigenvalue weighted by Gasteiger charge is 2.24. The zero-order chi connectivity index (χ0) is 23.8. The standard InChI is InChI=1S/C22H20N3O2S.ClHO4/c1-4-26-16-9-10-18-20(13-16)28-22-23-15(11-14(2)25(18)22)12-21-24(3)17-7-5-6-8-19(17)27-21;2-1(3,4)5/h5-13H,4H2,1-3H3;(H,2,3,4,5)/q+1;/p-1. The first kappa shape index (κ1) is 23.2. The summed E-state index contributed by atoms with van der Waals surface area (Å²) in [4.78, 5) is 7.86. The van der Waals surface area contributed by atoms with Crippen LogP contribution in [0.1, 0.15) is 18.3 Å². The van der Waals surface area contributed by atoms with Gasteiger partial charge in [-0.25, -0.2) is 18.6 Å². The summed E-state index contributed by atoms with van der Waals surface area (Å²) < 4.78 is 49.0. The molecule has 0 N–H and O–H groups in total. The summed E-state index contributed by atoms with van der Waals surface area (Å²) in [6.45, 7) is 4.76. The molecule has 9 nitrogen and oxygen atoms in total. The molecule has 2 aromatic heterocycles. The van der Waals surface area contributed by atoms with Crippen molar-refractivity contribution in [2.45, 2.75) is 13.8 Å². The average Bonchev–Trinajstić information content (AvgIpc) is 3.24. The van der Waals surface area contributed by atoms with E-state index in [0.717, 1.165) is 49.6 Å². The van der Waals surface area contributed by atoms with Crippen LogP contribution in [0.4, 0.5) is 5.69 Å². The van der Waals surface area contributed by atoms with Crippen LogP contribution in [0.5, 0.6) is 11.5 Å².